The van der Waals surface area contributed by atoms with Gasteiger partial charge in [0.25, 0.3) is 0 Å². The third kappa shape index (κ3) is 2.85. The summed E-state index contributed by atoms with van der Waals surface area (Å²) in [6.45, 7) is 2.50. The lowest BCUT2D eigenvalue weighted by Crippen LogP contribution is -2.37. The molecule has 0 radical (unpaired) electrons. The second-order valence-corrected chi connectivity index (χ2v) is 7.79. The number of amides is 1. The lowest BCUT2D eigenvalue weighted by atomic mass is 9.94. The minimum Gasteiger partial charge on any atom is -0.273 e. The normalized spacial score (nSPS) is 24.6. The molecule has 2 aliphatic heterocycles. The van der Waals surface area contributed by atoms with Crippen molar-refractivity contribution in [3.8, 4) is 0 Å². The largest absolute Gasteiger partial charge is 0.273 e. The standard InChI is InChI=1S/C15H19N3O3S/c1-11-10-14(19)16-17-15(11)12-4-6-13(7-5-12)18-8-2-3-9-22(18,20)21/h4-7,11H,2-3,8-10H2,1H3,(H,16,19). The summed E-state index contributed by atoms with van der Waals surface area (Å²) >= 11 is 0. The van der Waals surface area contributed by atoms with Gasteiger partial charge >= 0.3 is 0 Å². The number of nitrogens with zero attached hydrogens (tertiary/aromatic N) is 2. The summed E-state index contributed by atoms with van der Waals surface area (Å²) in [6, 6.07) is 7.35. The van der Waals surface area contributed by atoms with Gasteiger partial charge in [0.2, 0.25) is 15.9 Å². The van der Waals surface area contributed by atoms with Crippen LogP contribution in [0.15, 0.2) is 29.4 Å². The third-order valence-electron chi connectivity index (χ3n) is 4.06. The van der Waals surface area contributed by atoms with Gasteiger partial charge < -0.3 is 0 Å². The topological polar surface area (TPSA) is 78.8 Å². The summed E-state index contributed by atoms with van der Waals surface area (Å²) < 4.78 is 25.7. The van der Waals surface area contributed by atoms with Crippen molar-refractivity contribution < 1.29 is 13.2 Å². The first-order valence-corrected chi connectivity index (χ1v) is 9.05. The van der Waals surface area contributed by atoms with Crippen LogP contribution < -0.4 is 9.73 Å². The molecule has 6 nitrogen and oxygen atoms in total. The molecule has 0 spiro atoms. The maximum Gasteiger partial charge on any atom is 0.240 e. The van der Waals surface area contributed by atoms with E-state index in [0.717, 1.165) is 24.1 Å². The summed E-state index contributed by atoms with van der Waals surface area (Å²) in [4.78, 5) is 11.3. The van der Waals surface area contributed by atoms with E-state index in [9.17, 15) is 13.2 Å². The van der Waals surface area contributed by atoms with Crippen LogP contribution in [0.5, 0.6) is 0 Å². The molecule has 0 aliphatic carbocycles. The maximum atomic E-state index is 12.1. The van der Waals surface area contributed by atoms with Gasteiger partial charge in [-0.05, 0) is 30.5 Å². The Morgan fingerprint density at radius 1 is 1.23 bits per heavy atom. The number of anilines is 1. The molecular weight excluding hydrogens is 302 g/mol. The smallest absolute Gasteiger partial charge is 0.240 e. The molecule has 0 aromatic heterocycles. The monoisotopic (exact) mass is 321 g/mol. The molecule has 1 fully saturated rings. The Balaban J connectivity index is 1.86. The summed E-state index contributed by atoms with van der Waals surface area (Å²) in [5.74, 6) is 0.190. The van der Waals surface area contributed by atoms with E-state index in [1.54, 1.807) is 0 Å². The summed E-state index contributed by atoms with van der Waals surface area (Å²) in [7, 11) is -3.19. The molecule has 118 valence electrons. The fourth-order valence-electron chi connectivity index (χ4n) is 2.88. The lowest BCUT2D eigenvalue weighted by Gasteiger charge is -2.28. The first kappa shape index (κ1) is 15.0. The molecule has 3 rings (SSSR count). The zero-order valence-corrected chi connectivity index (χ0v) is 13.3. The molecule has 1 amide bonds. The first-order valence-electron chi connectivity index (χ1n) is 7.44. The zero-order valence-electron chi connectivity index (χ0n) is 12.4. The number of hydrogen-bond acceptors (Lipinski definition) is 4. The van der Waals surface area contributed by atoms with E-state index in [4.69, 9.17) is 0 Å². The SMILES string of the molecule is CC1CC(=O)NN=C1c1ccc(N2CCCCS2(=O)=O)cc1. The minimum atomic E-state index is -3.19. The van der Waals surface area contributed by atoms with E-state index in [1.165, 1.54) is 4.31 Å². The van der Waals surface area contributed by atoms with E-state index in [-0.39, 0.29) is 17.6 Å². The van der Waals surface area contributed by atoms with Crippen LogP contribution in [0.2, 0.25) is 0 Å². The number of carbonyl (C=O) groups excluding carboxylic acids is 1. The van der Waals surface area contributed by atoms with Gasteiger partial charge in [-0.3, -0.25) is 9.10 Å². The van der Waals surface area contributed by atoms with Crippen molar-refractivity contribution in [1.82, 2.24) is 5.43 Å². The first-order chi connectivity index (χ1) is 10.5. The number of hydrazone groups is 1. The molecular formula is C15H19N3O3S. The molecule has 2 aliphatic rings. The average molecular weight is 321 g/mol. The Morgan fingerprint density at radius 3 is 2.59 bits per heavy atom. The Hall–Kier alpha value is -1.89. The highest BCUT2D eigenvalue weighted by molar-refractivity contribution is 7.92. The van der Waals surface area contributed by atoms with Gasteiger partial charge in [-0.2, -0.15) is 5.10 Å². The van der Waals surface area contributed by atoms with Gasteiger partial charge in [0.15, 0.2) is 0 Å². The number of nitrogens with one attached hydrogen (secondary N) is 1. The predicted octanol–water partition coefficient (Wildman–Crippen LogP) is 1.48. The number of carbonyl (C=O) groups is 1. The minimum absolute atomic E-state index is 0.0540. The van der Waals surface area contributed by atoms with E-state index in [1.807, 2.05) is 31.2 Å². The highest BCUT2D eigenvalue weighted by Crippen LogP contribution is 2.25. The average Bonchev–Trinajstić information content (AvgIpc) is 2.47. The van der Waals surface area contributed by atoms with Crippen LogP contribution in [-0.4, -0.2) is 32.3 Å². The highest BCUT2D eigenvalue weighted by atomic mass is 32.2. The Bertz CT molecular complexity index is 710. The molecule has 2 heterocycles. The van der Waals surface area contributed by atoms with Crippen molar-refractivity contribution in [3.63, 3.8) is 0 Å². The van der Waals surface area contributed by atoms with Crippen LogP contribution in [0, 0.1) is 5.92 Å². The molecule has 1 atom stereocenters. The number of hydrogen-bond donors (Lipinski definition) is 1. The van der Waals surface area contributed by atoms with Crippen molar-refractivity contribution in [3.05, 3.63) is 29.8 Å². The van der Waals surface area contributed by atoms with E-state index >= 15 is 0 Å². The van der Waals surface area contributed by atoms with E-state index in [0.29, 0.717) is 18.7 Å². The third-order valence-corrected chi connectivity index (χ3v) is 5.93. The van der Waals surface area contributed by atoms with Crippen molar-refractivity contribution in [2.75, 3.05) is 16.6 Å². The summed E-state index contributed by atoms with van der Waals surface area (Å²) in [6.07, 6.45) is 2.03. The molecule has 0 bridgehead atoms. The van der Waals surface area contributed by atoms with Gasteiger partial charge in [0, 0.05) is 18.9 Å². The Kier molecular flexibility index (Phi) is 3.90. The fraction of sp³-hybridized carbons (Fsp3) is 0.467. The second-order valence-electron chi connectivity index (χ2n) is 5.78. The summed E-state index contributed by atoms with van der Waals surface area (Å²) in [5, 5.41) is 4.12. The van der Waals surface area contributed by atoms with Crippen molar-refractivity contribution in [2.24, 2.45) is 11.0 Å². The van der Waals surface area contributed by atoms with Crippen LogP contribution in [0.4, 0.5) is 5.69 Å². The number of benzene rings is 1. The van der Waals surface area contributed by atoms with E-state index < -0.39 is 10.0 Å². The lowest BCUT2D eigenvalue weighted by molar-refractivity contribution is -0.121. The maximum absolute atomic E-state index is 12.1. The van der Waals surface area contributed by atoms with Crippen LogP contribution >= 0.6 is 0 Å². The second kappa shape index (κ2) is 5.72. The number of rotatable bonds is 2. The van der Waals surface area contributed by atoms with Crippen molar-refractivity contribution in [1.29, 1.82) is 0 Å². The van der Waals surface area contributed by atoms with Crippen LogP contribution in [-0.2, 0) is 14.8 Å². The molecule has 22 heavy (non-hydrogen) atoms. The van der Waals surface area contributed by atoms with Gasteiger partial charge in [0.1, 0.15) is 0 Å². The molecule has 0 saturated carbocycles. The van der Waals surface area contributed by atoms with Crippen molar-refractivity contribution in [2.45, 2.75) is 26.2 Å². The quantitative estimate of drug-likeness (QED) is 0.896. The van der Waals surface area contributed by atoms with Gasteiger partial charge in [-0.1, -0.05) is 19.1 Å². The van der Waals surface area contributed by atoms with Gasteiger partial charge in [-0.25, -0.2) is 13.8 Å². The van der Waals surface area contributed by atoms with Crippen LogP contribution in [0.25, 0.3) is 0 Å². The molecule has 1 aromatic rings. The van der Waals surface area contributed by atoms with Crippen LogP contribution in [0.1, 0.15) is 31.7 Å². The molecule has 1 N–H and O–H groups in total. The van der Waals surface area contributed by atoms with Crippen molar-refractivity contribution >= 4 is 27.3 Å². The molecule has 1 unspecified atom stereocenters. The fourth-order valence-corrected chi connectivity index (χ4v) is 4.52. The number of sulfonamides is 1. The van der Waals surface area contributed by atoms with Gasteiger partial charge in [0.05, 0.1) is 17.2 Å². The zero-order chi connectivity index (χ0) is 15.7. The van der Waals surface area contributed by atoms with Gasteiger partial charge in [-0.15, -0.1) is 0 Å². The molecule has 7 heteroatoms. The molecule has 1 saturated heterocycles. The summed E-state index contributed by atoms with van der Waals surface area (Å²) in [5.41, 5.74) is 4.92. The predicted molar refractivity (Wildman–Crippen MR) is 85.3 cm³/mol. The van der Waals surface area contributed by atoms with Crippen LogP contribution in [0.3, 0.4) is 0 Å². The van der Waals surface area contributed by atoms with E-state index in [2.05, 4.69) is 10.5 Å². The Labute approximate surface area is 130 Å². The molecule has 1 aromatic carbocycles. The Morgan fingerprint density at radius 2 is 1.95 bits per heavy atom. The highest BCUT2D eigenvalue weighted by Gasteiger charge is 2.26.